The van der Waals surface area contributed by atoms with Gasteiger partial charge in [0.05, 0.1) is 0 Å². The summed E-state index contributed by atoms with van der Waals surface area (Å²) < 4.78 is 0. The summed E-state index contributed by atoms with van der Waals surface area (Å²) in [4.78, 5) is 8.81. The average Bonchev–Trinajstić information content (AvgIpc) is 2.60. The number of nitrogens with one attached hydrogen (secondary N) is 2. The first kappa shape index (κ1) is 16.0. The Labute approximate surface area is 143 Å². The van der Waals surface area contributed by atoms with Crippen molar-refractivity contribution in [2.24, 2.45) is 0 Å². The fourth-order valence-corrected chi connectivity index (χ4v) is 2.54. The quantitative estimate of drug-likeness (QED) is 0.711. The minimum atomic E-state index is 0.631. The van der Waals surface area contributed by atoms with Gasteiger partial charge in [0.2, 0.25) is 5.95 Å². The van der Waals surface area contributed by atoms with Crippen molar-refractivity contribution in [1.82, 2.24) is 9.97 Å². The molecule has 1 heterocycles. The van der Waals surface area contributed by atoms with E-state index in [1.54, 1.807) is 6.20 Å². The first-order valence-electron chi connectivity index (χ1n) is 8.11. The third-order valence-corrected chi connectivity index (χ3v) is 3.91. The average molecular weight is 318 g/mol. The van der Waals surface area contributed by atoms with Crippen molar-refractivity contribution in [2.75, 3.05) is 10.6 Å². The molecule has 0 saturated heterocycles. The summed E-state index contributed by atoms with van der Waals surface area (Å²) in [5.41, 5.74) is 5.02. The van der Waals surface area contributed by atoms with Crippen LogP contribution < -0.4 is 10.6 Å². The molecule has 4 nitrogen and oxygen atoms in total. The lowest BCUT2D eigenvalue weighted by atomic mass is 10.1. The van der Waals surface area contributed by atoms with Crippen LogP contribution in [0.25, 0.3) is 0 Å². The molecule has 0 unspecified atom stereocenters. The molecule has 0 saturated carbocycles. The number of benzene rings is 2. The fourth-order valence-electron chi connectivity index (χ4n) is 2.54. The zero-order valence-electron chi connectivity index (χ0n) is 14.1. The number of hydrogen-bond donors (Lipinski definition) is 2. The van der Waals surface area contributed by atoms with E-state index >= 15 is 0 Å². The van der Waals surface area contributed by atoms with E-state index in [0.717, 1.165) is 12.4 Å². The van der Waals surface area contributed by atoms with Crippen molar-refractivity contribution >= 4 is 11.8 Å². The number of anilines is 2. The van der Waals surface area contributed by atoms with Crippen LogP contribution in [0.2, 0.25) is 0 Å². The normalized spacial score (nSPS) is 10.4. The van der Waals surface area contributed by atoms with Crippen LogP contribution in [0.5, 0.6) is 0 Å². The molecule has 0 spiro atoms. The Morgan fingerprint density at radius 2 is 1.75 bits per heavy atom. The SMILES string of the molecule is Cc1cccc(CNc2nccc(NCc3ccccc3C)n2)c1. The van der Waals surface area contributed by atoms with E-state index in [0.29, 0.717) is 12.5 Å². The van der Waals surface area contributed by atoms with Crippen molar-refractivity contribution < 1.29 is 0 Å². The van der Waals surface area contributed by atoms with Crippen LogP contribution in [0.3, 0.4) is 0 Å². The Bertz CT molecular complexity index is 814. The Kier molecular flexibility index (Phi) is 5.06. The summed E-state index contributed by atoms with van der Waals surface area (Å²) in [5, 5.41) is 6.63. The third kappa shape index (κ3) is 4.32. The maximum atomic E-state index is 4.52. The van der Waals surface area contributed by atoms with Crippen LogP contribution in [0.4, 0.5) is 11.8 Å². The Balaban J connectivity index is 1.60. The molecule has 0 atom stereocenters. The van der Waals surface area contributed by atoms with Crippen molar-refractivity contribution in [1.29, 1.82) is 0 Å². The van der Waals surface area contributed by atoms with Gasteiger partial charge in [-0.15, -0.1) is 0 Å². The Morgan fingerprint density at radius 1 is 0.875 bits per heavy atom. The first-order chi connectivity index (χ1) is 11.7. The Hall–Kier alpha value is -2.88. The predicted octanol–water partition coefficient (Wildman–Crippen LogP) is 4.32. The van der Waals surface area contributed by atoms with Gasteiger partial charge >= 0.3 is 0 Å². The molecule has 0 fully saturated rings. The van der Waals surface area contributed by atoms with Gasteiger partial charge in [0.15, 0.2) is 0 Å². The number of hydrogen-bond acceptors (Lipinski definition) is 4. The molecule has 0 aliphatic carbocycles. The second-order valence-corrected chi connectivity index (χ2v) is 5.89. The molecule has 0 aliphatic rings. The van der Waals surface area contributed by atoms with Crippen LogP contribution >= 0.6 is 0 Å². The van der Waals surface area contributed by atoms with Gasteiger partial charge in [-0.1, -0.05) is 54.1 Å². The molecule has 4 heteroatoms. The topological polar surface area (TPSA) is 49.8 Å². The van der Waals surface area contributed by atoms with Gasteiger partial charge in [0.1, 0.15) is 5.82 Å². The van der Waals surface area contributed by atoms with Gasteiger partial charge in [-0.2, -0.15) is 4.98 Å². The van der Waals surface area contributed by atoms with E-state index in [2.05, 4.69) is 83.0 Å². The minimum Gasteiger partial charge on any atom is -0.366 e. The van der Waals surface area contributed by atoms with E-state index in [1.807, 2.05) is 6.07 Å². The van der Waals surface area contributed by atoms with Gasteiger partial charge in [-0.3, -0.25) is 0 Å². The summed E-state index contributed by atoms with van der Waals surface area (Å²) >= 11 is 0. The molecule has 2 aromatic carbocycles. The van der Waals surface area contributed by atoms with E-state index in [-0.39, 0.29) is 0 Å². The molecule has 1 aromatic heterocycles. The van der Waals surface area contributed by atoms with E-state index < -0.39 is 0 Å². The molecular formula is C20H22N4. The Morgan fingerprint density at radius 3 is 2.58 bits per heavy atom. The lowest BCUT2D eigenvalue weighted by molar-refractivity contribution is 1.03. The number of aromatic nitrogens is 2. The maximum absolute atomic E-state index is 4.52. The molecule has 3 rings (SSSR count). The number of nitrogens with zero attached hydrogens (tertiary/aromatic N) is 2. The standard InChI is InChI=1S/C20H22N4/c1-15-6-5-8-17(12-15)13-23-20-21-11-10-19(24-20)22-14-18-9-4-3-7-16(18)2/h3-12H,13-14H2,1-2H3,(H2,21,22,23,24). The monoisotopic (exact) mass is 318 g/mol. The van der Waals surface area contributed by atoms with Crippen LogP contribution in [-0.2, 0) is 13.1 Å². The summed E-state index contributed by atoms with van der Waals surface area (Å²) in [6, 6.07) is 18.6. The summed E-state index contributed by atoms with van der Waals surface area (Å²) in [5.74, 6) is 1.45. The van der Waals surface area contributed by atoms with Crippen LogP contribution in [0.15, 0.2) is 60.8 Å². The number of rotatable bonds is 6. The number of aryl methyl sites for hydroxylation is 2. The van der Waals surface area contributed by atoms with Gasteiger partial charge in [0, 0.05) is 19.3 Å². The van der Waals surface area contributed by atoms with Crippen molar-refractivity contribution in [3.63, 3.8) is 0 Å². The van der Waals surface area contributed by atoms with Crippen molar-refractivity contribution in [3.8, 4) is 0 Å². The first-order valence-corrected chi connectivity index (χ1v) is 8.11. The molecule has 122 valence electrons. The highest BCUT2D eigenvalue weighted by molar-refractivity contribution is 5.41. The van der Waals surface area contributed by atoms with E-state index in [1.165, 1.54) is 22.3 Å². The van der Waals surface area contributed by atoms with Crippen LogP contribution in [0.1, 0.15) is 22.3 Å². The zero-order chi connectivity index (χ0) is 16.8. The highest BCUT2D eigenvalue weighted by Gasteiger charge is 2.01. The molecule has 3 aromatic rings. The highest BCUT2D eigenvalue weighted by Crippen LogP contribution is 2.12. The smallest absolute Gasteiger partial charge is 0.224 e. The van der Waals surface area contributed by atoms with Gasteiger partial charge < -0.3 is 10.6 Å². The lowest BCUT2D eigenvalue weighted by Crippen LogP contribution is -2.07. The third-order valence-electron chi connectivity index (χ3n) is 3.91. The molecular weight excluding hydrogens is 296 g/mol. The lowest BCUT2D eigenvalue weighted by Gasteiger charge is -2.10. The molecule has 24 heavy (non-hydrogen) atoms. The van der Waals surface area contributed by atoms with Gasteiger partial charge in [0.25, 0.3) is 0 Å². The summed E-state index contributed by atoms with van der Waals surface area (Å²) in [7, 11) is 0. The second-order valence-electron chi connectivity index (χ2n) is 5.89. The fraction of sp³-hybridized carbons (Fsp3) is 0.200. The molecule has 0 amide bonds. The molecule has 2 N–H and O–H groups in total. The van der Waals surface area contributed by atoms with E-state index in [4.69, 9.17) is 0 Å². The van der Waals surface area contributed by atoms with Crippen molar-refractivity contribution in [2.45, 2.75) is 26.9 Å². The summed E-state index contributed by atoms with van der Waals surface area (Å²) in [6.45, 7) is 5.67. The van der Waals surface area contributed by atoms with Gasteiger partial charge in [-0.05, 0) is 36.6 Å². The van der Waals surface area contributed by atoms with Crippen LogP contribution in [-0.4, -0.2) is 9.97 Å². The molecule has 0 aliphatic heterocycles. The highest BCUT2D eigenvalue weighted by atomic mass is 15.1. The maximum Gasteiger partial charge on any atom is 0.224 e. The second kappa shape index (κ2) is 7.59. The van der Waals surface area contributed by atoms with Gasteiger partial charge in [-0.25, -0.2) is 4.98 Å². The largest absolute Gasteiger partial charge is 0.366 e. The predicted molar refractivity (Wildman–Crippen MR) is 99.0 cm³/mol. The van der Waals surface area contributed by atoms with Crippen molar-refractivity contribution in [3.05, 3.63) is 83.0 Å². The zero-order valence-corrected chi connectivity index (χ0v) is 14.1. The van der Waals surface area contributed by atoms with Crippen LogP contribution in [0, 0.1) is 13.8 Å². The molecule has 0 bridgehead atoms. The van der Waals surface area contributed by atoms with E-state index in [9.17, 15) is 0 Å². The summed E-state index contributed by atoms with van der Waals surface area (Å²) in [6.07, 6.45) is 1.77. The molecule has 0 radical (unpaired) electrons. The minimum absolute atomic E-state index is 0.631.